The number of hydrogen-bond donors (Lipinski definition) is 1. The molecular weight excluding hydrogens is 506 g/mol. The summed E-state index contributed by atoms with van der Waals surface area (Å²) >= 11 is 2.14. The van der Waals surface area contributed by atoms with Gasteiger partial charge >= 0.3 is 0 Å². The second kappa shape index (κ2) is 10.2. The van der Waals surface area contributed by atoms with Gasteiger partial charge in [-0.25, -0.2) is 4.39 Å². The van der Waals surface area contributed by atoms with Gasteiger partial charge in [-0.2, -0.15) is 5.26 Å². The van der Waals surface area contributed by atoms with Gasteiger partial charge in [-0.15, -0.1) is 0 Å². The highest BCUT2D eigenvalue weighted by Crippen LogP contribution is 2.25. The Hall–Kier alpha value is -3.18. The third kappa shape index (κ3) is 6.15. The number of carbonyl (C=O) groups is 1. The van der Waals surface area contributed by atoms with Crippen molar-refractivity contribution >= 4 is 40.3 Å². The van der Waals surface area contributed by atoms with Crippen LogP contribution < -0.4 is 10.1 Å². The molecule has 156 valence electrons. The number of amides is 1. The molecule has 3 aromatic rings. The number of nitriles is 1. The molecule has 0 bridgehead atoms. The van der Waals surface area contributed by atoms with Gasteiger partial charge in [-0.05, 0) is 95.1 Å². The monoisotopic (exact) mass is 526 g/mol. The molecule has 3 rings (SSSR count). The fourth-order valence-corrected chi connectivity index (χ4v) is 3.54. The highest BCUT2D eigenvalue weighted by molar-refractivity contribution is 14.1. The standard InChI is InChI=1S/C25H20FIN2O2/c1-16-3-4-17(2)23(11-16)29-25(30)20(14-28)12-19-7-10-24(22(27)13-19)31-15-18-5-8-21(26)9-6-18/h3-13H,15H2,1-2H3,(H,29,30)/b20-12+. The summed E-state index contributed by atoms with van der Waals surface area (Å²) in [5.41, 5.74) is 4.21. The van der Waals surface area contributed by atoms with E-state index in [1.807, 2.05) is 44.2 Å². The smallest absolute Gasteiger partial charge is 0.266 e. The van der Waals surface area contributed by atoms with Gasteiger partial charge in [0, 0.05) is 5.69 Å². The number of nitrogens with one attached hydrogen (secondary N) is 1. The Morgan fingerprint density at radius 3 is 2.55 bits per heavy atom. The summed E-state index contributed by atoms with van der Waals surface area (Å²) in [7, 11) is 0. The number of benzene rings is 3. The summed E-state index contributed by atoms with van der Waals surface area (Å²) in [6.45, 7) is 4.16. The number of carbonyl (C=O) groups excluding carboxylic acids is 1. The van der Waals surface area contributed by atoms with Crippen molar-refractivity contribution in [2.24, 2.45) is 0 Å². The van der Waals surface area contributed by atoms with Gasteiger partial charge in [0.05, 0.1) is 3.57 Å². The van der Waals surface area contributed by atoms with Crippen LogP contribution in [0.1, 0.15) is 22.3 Å². The first-order chi connectivity index (χ1) is 14.9. The molecule has 0 unspecified atom stereocenters. The second-order valence-electron chi connectivity index (χ2n) is 7.05. The van der Waals surface area contributed by atoms with Crippen LogP contribution in [-0.4, -0.2) is 5.91 Å². The van der Waals surface area contributed by atoms with Crippen molar-refractivity contribution in [1.29, 1.82) is 5.26 Å². The van der Waals surface area contributed by atoms with E-state index in [4.69, 9.17) is 4.74 Å². The third-order valence-electron chi connectivity index (χ3n) is 4.58. The number of nitrogens with zero attached hydrogens (tertiary/aromatic N) is 1. The Morgan fingerprint density at radius 1 is 1.13 bits per heavy atom. The summed E-state index contributed by atoms with van der Waals surface area (Å²) in [5.74, 6) is -0.0763. The van der Waals surface area contributed by atoms with Crippen molar-refractivity contribution in [3.8, 4) is 11.8 Å². The maximum absolute atomic E-state index is 13.0. The molecule has 31 heavy (non-hydrogen) atoms. The van der Waals surface area contributed by atoms with Crippen LogP contribution in [0.3, 0.4) is 0 Å². The lowest BCUT2D eigenvalue weighted by molar-refractivity contribution is -0.112. The molecule has 3 aromatic carbocycles. The van der Waals surface area contributed by atoms with Crippen LogP contribution in [0.4, 0.5) is 10.1 Å². The van der Waals surface area contributed by atoms with Crippen LogP contribution in [0.15, 0.2) is 66.2 Å². The minimum absolute atomic E-state index is 0.0108. The number of aryl methyl sites for hydroxylation is 2. The molecule has 0 saturated carbocycles. The van der Waals surface area contributed by atoms with E-state index >= 15 is 0 Å². The van der Waals surface area contributed by atoms with E-state index in [1.54, 1.807) is 30.3 Å². The summed E-state index contributed by atoms with van der Waals surface area (Å²) in [6, 6.07) is 19.3. The normalized spacial score (nSPS) is 11.0. The van der Waals surface area contributed by atoms with Crippen LogP contribution >= 0.6 is 22.6 Å². The van der Waals surface area contributed by atoms with Gasteiger partial charge in [-0.1, -0.05) is 30.3 Å². The highest BCUT2D eigenvalue weighted by Gasteiger charge is 2.12. The predicted octanol–water partition coefficient (Wildman–Crippen LogP) is 6.17. The van der Waals surface area contributed by atoms with E-state index in [0.717, 1.165) is 20.3 Å². The number of anilines is 1. The van der Waals surface area contributed by atoms with Gasteiger partial charge in [0.1, 0.15) is 29.8 Å². The maximum Gasteiger partial charge on any atom is 0.266 e. The lowest BCUT2D eigenvalue weighted by Gasteiger charge is -2.10. The van der Waals surface area contributed by atoms with Crippen molar-refractivity contribution in [3.63, 3.8) is 0 Å². The van der Waals surface area contributed by atoms with E-state index < -0.39 is 5.91 Å². The Bertz CT molecular complexity index is 1180. The van der Waals surface area contributed by atoms with Gasteiger partial charge in [-0.3, -0.25) is 4.79 Å². The summed E-state index contributed by atoms with van der Waals surface area (Å²) < 4.78 is 19.6. The van der Waals surface area contributed by atoms with Crippen molar-refractivity contribution in [2.75, 3.05) is 5.32 Å². The predicted molar refractivity (Wildman–Crippen MR) is 128 cm³/mol. The number of hydrogen-bond acceptors (Lipinski definition) is 3. The maximum atomic E-state index is 13.0. The molecular formula is C25H20FIN2O2. The molecule has 0 aliphatic heterocycles. The molecule has 0 radical (unpaired) electrons. The van der Waals surface area contributed by atoms with E-state index in [-0.39, 0.29) is 11.4 Å². The Labute approximate surface area is 194 Å². The lowest BCUT2D eigenvalue weighted by atomic mass is 10.1. The van der Waals surface area contributed by atoms with Crippen molar-refractivity contribution in [1.82, 2.24) is 0 Å². The first-order valence-electron chi connectivity index (χ1n) is 9.53. The minimum atomic E-state index is -0.456. The topological polar surface area (TPSA) is 62.1 Å². The number of halogens is 2. The average Bonchev–Trinajstić information content (AvgIpc) is 2.75. The van der Waals surface area contributed by atoms with E-state index in [9.17, 15) is 14.4 Å². The first kappa shape index (κ1) is 22.5. The SMILES string of the molecule is Cc1ccc(C)c(NC(=O)/C(C#N)=C/c2ccc(OCc3ccc(F)cc3)c(I)c2)c1. The Kier molecular flexibility index (Phi) is 7.42. The molecule has 6 heteroatoms. The summed E-state index contributed by atoms with van der Waals surface area (Å²) in [5, 5.41) is 12.3. The van der Waals surface area contributed by atoms with E-state index in [2.05, 4.69) is 27.9 Å². The van der Waals surface area contributed by atoms with E-state index in [1.165, 1.54) is 12.1 Å². The molecule has 0 fully saturated rings. The lowest BCUT2D eigenvalue weighted by Crippen LogP contribution is -2.14. The molecule has 0 saturated heterocycles. The zero-order valence-corrected chi connectivity index (χ0v) is 19.2. The quantitative estimate of drug-likeness (QED) is 0.237. The van der Waals surface area contributed by atoms with Gasteiger partial charge < -0.3 is 10.1 Å². The summed E-state index contributed by atoms with van der Waals surface area (Å²) in [4.78, 5) is 12.6. The third-order valence-corrected chi connectivity index (χ3v) is 5.42. The van der Waals surface area contributed by atoms with Crippen molar-refractivity contribution < 1.29 is 13.9 Å². The van der Waals surface area contributed by atoms with Crippen molar-refractivity contribution in [3.05, 3.63) is 97.9 Å². The largest absolute Gasteiger partial charge is 0.488 e. The molecule has 1 amide bonds. The summed E-state index contributed by atoms with van der Waals surface area (Å²) in [6.07, 6.45) is 1.55. The van der Waals surface area contributed by atoms with Gasteiger partial charge in [0.25, 0.3) is 5.91 Å². The Morgan fingerprint density at radius 2 is 1.87 bits per heavy atom. The van der Waals surface area contributed by atoms with Crippen LogP contribution in [0.25, 0.3) is 6.08 Å². The van der Waals surface area contributed by atoms with Crippen molar-refractivity contribution in [2.45, 2.75) is 20.5 Å². The fraction of sp³-hybridized carbons (Fsp3) is 0.120. The molecule has 4 nitrogen and oxygen atoms in total. The highest BCUT2D eigenvalue weighted by atomic mass is 127. The molecule has 0 atom stereocenters. The Balaban J connectivity index is 1.72. The molecule has 1 N–H and O–H groups in total. The zero-order chi connectivity index (χ0) is 22.4. The average molecular weight is 526 g/mol. The van der Waals surface area contributed by atoms with Crippen LogP contribution in [0.2, 0.25) is 0 Å². The van der Waals surface area contributed by atoms with Crippen LogP contribution in [-0.2, 0) is 11.4 Å². The van der Waals surface area contributed by atoms with Gasteiger partial charge in [0.2, 0.25) is 0 Å². The molecule has 0 spiro atoms. The van der Waals surface area contributed by atoms with Crippen LogP contribution in [0.5, 0.6) is 5.75 Å². The number of rotatable bonds is 6. The molecule has 0 aliphatic rings. The molecule has 0 heterocycles. The van der Waals surface area contributed by atoms with E-state index in [0.29, 0.717) is 23.6 Å². The molecule has 0 aliphatic carbocycles. The molecule has 0 aromatic heterocycles. The minimum Gasteiger partial charge on any atom is -0.488 e. The first-order valence-corrected chi connectivity index (χ1v) is 10.6. The zero-order valence-electron chi connectivity index (χ0n) is 17.1. The fourth-order valence-electron chi connectivity index (χ4n) is 2.84. The number of ether oxygens (including phenoxy) is 1. The van der Waals surface area contributed by atoms with Gasteiger partial charge in [0.15, 0.2) is 0 Å². The second-order valence-corrected chi connectivity index (χ2v) is 8.21. The van der Waals surface area contributed by atoms with Crippen LogP contribution in [0, 0.1) is 34.6 Å².